The SMILES string of the molecule is COC(=O)c1ncc(CC(=O)OC(C)(C)C)cc1F. The summed E-state index contributed by atoms with van der Waals surface area (Å²) >= 11 is 0. The molecule has 1 heterocycles. The molecule has 1 aromatic heterocycles. The van der Waals surface area contributed by atoms with Crippen LogP contribution >= 0.6 is 0 Å². The Morgan fingerprint density at radius 1 is 1.37 bits per heavy atom. The van der Waals surface area contributed by atoms with Crippen LogP contribution in [0.2, 0.25) is 0 Å². The number of ether oxygens (including phenoxy) is 2. The van der Waals surface area contributed by atoms with Crippen molar-refractivity contribution in [1.82, 2.24) is 4.98 Å². The molecule has 0 aliphatic carbocycles. The van der Waals surface area contributed by atoms with Gasteiger partial charge in [0.15, 0.2) is 11.5 Å². The maximum atomic E-state index is 13.6. The number of nitrogens with zero attached hydrogens (tertiary/aromatic N) is 1. The first-order valence-corrected chi connectivity index (χ1v) is 5.67. The quantitative estimate of drug-likeness (QED) is 0.784. The lowest BCUT2D eigenvalue weighted by atomic mass is 10.1. The van der Waals surface area contributed by atoms with Gasteiger partial charge in [0, 0.05) is 6.20 Å². The van der Waals surface area contributed by atoms with Gasteiger partial charge in [-0.2, -0.15) is 0 Å². The van der Waals surface area contributed by atoms with Crippen molar-refractivity contribution < 1.29 is 23.5 Å². The third-order valence-corrected chi connectivity index (χ3v) is 2.05. The number of pyridine rings is 1. The first kappa shape index (κ1) is 15.1. The molecule has 0 saturated carbocycles. The number of rotatable bonds is 3. The van der Waals surface area contributed by atoms with Crippen molar-refractivity contribution in [3.05, 3.63) is 29.3 Å². The number of carbonyl (C=O) groups excluding carboxylic acids is 2. The van der Waals surface area contributed by atoms with E-state index >= 15 is 0 Å². The Morgan fingerprint density at radius 3 is 2.47 bits per heavy atom. The molecule has 0 amide bonds. The first-order chi connectivity index (χ1) is 8.73. The second-order valence-corrected chi connectivity index (χ2v) is 4.93. The summed E-state index contributed by atoms with van der Waals surface area (Å²) in [4.78, 5) is 26.3. The van der Waals surface area contributed by atoms with Gasteiger partial charge in [-0.05, 0) is 32.4 Å². The highest BCUT2D eigenvalue weighted by molar-refractivity contribution is 5.87. The monoisotopic (exact) mass is 269 g/mol. The molecule has 1 aromatic rings. The molecule has 0 aliphatic rings. The van der Waals surface area contributed by atoms with E-state index in [0.29, 0.717) is 5.56 Å². The van der Waals surface area contributed by atoms with E-state index in [0.717, 1.165) is 13.2 Å². The zero-order chi connectivity index (χ0) is 14.6. The molecule has 5 nitrogen and oxygen atoms in total. The van der Waals surface area contributed by atoms with E-state index < -0.39 is 29.1 Å². The molecule has 104 valence electrons. The fourth-order valence-corrected chi connectivity index (χ4v) is 1.37. The number of methoxy groups -OCH3 is 1. The van der Waals surface area contributed by atoms with Crippen LogP contribution in [0, 0.1) is 5.82 Å². The van der Waals surface area contributed by atoms with E-state index in [1.165, 1.54) is 6.20 Å². The molecule has 0 atom stereocenters. The van der Waals surface area contributed by atoms with E-state index in [-0.39, 0.29) is 6.42 Å². The fourth-order valence-electron chi connectivity index (χ4n) is 1.37. The third-order valence-electron chi connectivity index (χ3n) is 2.05. The molecule has 6 heteroatoms. The topological polar surface area (TPSA) is 65.5 Å². The van der Waals surface area contributed by atoms with Crippen LogP contribution in [-0.2, 0) is 20.7 Å². The second kappa shape index (κ2) is 5.77. The van der Waals surface area contributed by atoms with E-state index in [2.05, 4.69) is 9.72 Å². The molecule has 0 N–H and O–H groups in total. The van der Waals surface area contributed by atoms with Crippen molar-refractivity contribution in [3.8, 4) is 0 Å². The van der Waals surface area contributed by atoms with Crippen LogP contribution in [0.25, 0.3) is 0 Å². The Kier molecular flexibility index (Phi) is 4.58. The molecule has 0 aromatic carbocycles. The number of aromatic nitrogens is 1. The molecule has 0 fully saturated rings. The summed E-state index contributed by atoms with van der Waals surface area (Å²) in [5.41, 5.74) is -0.676. The van der Waals surface area contributed by atoms with Crippen LogP contribution in [0.1, 0.15) is 36.8 Å². The van der Waals surface area contributed by atoms with E-state index in [9.17, 15) is 14.0 Å². The van der Waals surface area contributed by atoms with Gasteiger partial charge < -0.3 is 9.47 Å². The van der Waals surface area contributed by atoms with Gasteiger partial charge in [0.05, 0.1) is 13.5 Å². The Balaban J connectivity index is 2.79. The molecule has 19 heavy (non-hydrogen) atoms. The third kappa shape index (κ3) is 4.65. The van der Waals surface area contributed by atoms with Crippen LogP contribution in [0.5, 0.6) is 0 Å². The number of halogens is 1. The van der Waals surface area contributed by atoms with Crippen molar-refractivity contribution in [1.29, 1.82) is 0 Å². The molecular weight excluding hydrogens is 253 g/mol. The van der Waals surface area contributed by atoms with Crippen LogP contribution in [-0.4, -0.2) is 29.6 Å². The average molecular weight is 269 g/mol. The summed E-state index contributed by atoms with van der Waals surface area (Å²) in [5, 5.41) is 0. The molecule has 0 spiro atoms. The maximum Gasteiger partial charge on any atom is 0.359 e. The van der Waals surface area contributed by atoms with Crippen molar-refractivity contribution >= 4 is 11.9 Å². The van der Waals surface area contributed by atoms with E-state index in [4.69, 9.17) is 4.74 Å². The Bertz CT molecular complexity index is 494. The zero-order valence-electron chi connectivity index (χ0n) is 11.3. The van der Waals surface area contributed by atoms with Crippen LogP contribution in [0.15, 0.2) is 12.3 Å². The Morgan fingerprint density at radius 2 is 2.00 bits per heavy atom. The zero-order valence-corrected chi connectivity index (χ0v) is 11.3. The second-order valence-electron chi connectivity index (χ2n) is 4.93. The van der Waals surface area contributed by atoms with Gasteiger partial charge in [-0.15, -0.1) is 0 Å². The predicted molar refractivity (Wildman–Crippen MR) is 65.1 cm³/mol. The fraction of sp³-hybridized carbons (Fsp3) is 0.462. The minimum atomic E-state index is -0.860. The normalized spacial score (nSPS) is 11.0. The number of hydrogen-bond donors (Lipinski definition) is 0. The van der Waals surface area contributed by atoms with Gasteiger partial charge in [0.25, 0.3) is 0 Å². The largest absolute Gasteiger partial charge is 0.464 e. The molecule has 1 rings (SSSR count). The van der Waals surface area contributed by atoms with E-state index in [1.807, 2.05) is 0 Å². The van der Waals surface area contributed by atoms with Gasteiger partial charge >= 0.3 is 11.9 Å². The van der Waals surface area contributed by atoms with Gasteiger partial charge in [-0.3, -0.25) is 4.79 Å². The number of esters is 2. The summed E-state index contributed by atoms with van der Waals surface area (Å²) in [7, 11) is 1.14. The van der Waals surface area contributed by atoms with Crippen molar-refractivity contribution in [2.45, 2.75) is 32.8 Å². The standard InChI is InChI=1S/C13H16FNO4/c1-13(2,3)19-10(16)6-8-5-9(14)11(15-7-8)12(17)18-4/h5,7H,6H2,1-4H3. The number of carbonyl (C=O) groups is 2. The van der Waals surface area contributed by atoms with Gasteiger partial charge in [-0.1, -0.05) is 0 Å². The molecule has 0 bridgehead atoms. The van der Waals surface area contributed by atoms with Gasteiger partial charge in [0.2, 0.25) is 0 Å². The molecule has 0 saturated heterocycles. The molecule has 0 radical (unpaired) electrons. The highest BCUT2D eigenvalue weighted by Gasteiger charge is 2.19. The van der Waals surface area contributed by atoms with Crippen LogP contribution < -0.4 is 0 Å². The Labute approximate surface area is 110 Å². The highest BCUT2D eigenvalue weighted by atomic mass is 19.1. The van der Waals surface area contributed by atoms with Crippen LogP contribution in [0.4, 0.5) is 4.39 Å². The lowest BCUT2D eigenvalue weighted by Crippen LogP contribution is -2.25. The van der Waals surface area contributed by atoms with Crippen molar-refractivity contribution in [2.75, 3.05) is 7.11 Å². The summed E-state index contributed by atoms with van der Waals surface area (Å²) in [5.74, 6) is -2.17. The molecule has 0 unspecified atom stereocenters. The van der Waals surface area contributed by atoms with Crippen LogP contribution in [0.3, 0.4) is 0 Å². The summed E-state index contributed by atoms with van der Waals surface area (Å²) in [6.45, 7) is 5.22. The van der Waals surface area contributed by atoms with Crippen molar-refractivity contribution in [3.63, 3.8) is 0 Å². The smallest absolute Gasteiger partial charge is 0.359 e. The molecule has 0 aliphatic heterocycles. The average Bonchev–Trinajstić information content (AvgIpc) is 2.25. The predicted octanol–water partition coefficient (Wildman–Crippen LogP) is 1.89. The lowest BCUT2D eigenvalue weighted by Gasteiger charge is -2.19. The molecular formula is C13H16FNO4. The van der Waals surface area contributed by atoms with Crippen molar-refractivity contribution in [2.24, 2.45) is 0 Å². The number of hydrogen-bond acceptors (Lipinski definition) is 5. The highest BCUT2D eigenvalue weighted by Crippen LogP contribution is 2.12. The summed E-state index contributed by atoms with van der Waals surface area (Å²) in [6, 6.07) is 1.07. The lowest BCUT2D eigenvalue weighted by molar-refractivity contribution is -0.153. The first-order valence-electron chi connectivity index (χ1n) is 5.67. The van der Waals surface area contributed by atoms with Gasteiger partial charge in [-0.25, -0.2) is 14.2 Å². The Hall–Kier alpha value is -1.98. The summed E-state index contributed by atoms with van der Waals surface area (Å²) < 4.78 is 23.0. The van der Waals surface area contributed by atoms with E-state index in [1.54, 1.807) is 20.8 Å². The minimum absolute atomic E-state index is 0.108. The van der Waals surface area contributed by atoms with Gasteiger partial charge in [0.1, 0.15) is 5.60 Å². The minimum Gasteiger partial charge on any atom is -0.464 e. The maximum absolute atomic E-state index is 13.6. The summed E-state index contributed by atoms with van der Waals surface area (Å²) in [6.07, 6.45) is 1.14.